The lowest BCUT2D eigenvalue weighted by Gasteiger charge is -2.46. The largest absolute Gasteiger partial charge is 0.300 e. The molecule has 23 heavy (non-hydrogen) atoms. The van der Waals surface area contributed by atoms with Crippen molar-refractivity contribution in [2.75, 3.05) is 4.90 Å². The van der Waals surface area contributed by atoms with Crippen LogP contribution in [0.3, 0.4) is 0 Å². The van der Waals surface area contributed by atoms with Crippen molar-refractivity contribution in [2.24, 2.45) is 10.8 Å². The van der Waals surface area contributed by atoms with Gasteiger partial charge in [0.15, 0.2) is 0 Å². The molecule has 1 aliphatic heterocycles. The van der Waals surface area contributed by atoms with E-state index in [1.165, 1.54) is 11.1 Å². The Labute approximate surface area is 142 Å². The number of carbonyl (C=O) groups excluding carboxylic acids is 1. The number of para-hydroxylation sites is 1. The predicted molar refractivity (Wildman–Crippen MR) is 97.5 cm³/mol. The van der Waals surface area contributed by atoms with Gasteiger partial charge in [-0.2, -0.15) is 0 Å². The van der Waals surface area contributed by atoms with Crippen LogP contribution >= 0.6 is 0 Å². The standard InChI is InChI=1S/C21H31NO/c1-14(2)16-10-9-11-17(15(3)4)18(16)22-13-20(5,6)12-21(7,8)19(22)23/h9-11,14-15H,12H2,1-8H3. The Morgan fingerprint density at radius 1 is 1.00 bits per heavy atom. The van der Waals surface area contributed by atoms with Gasteiger partial charge in [0.05, 0.1) is 5.69 Å². The van der Waals surface area contributed by atoms with Crippen LogP contribution in [-0.2, 0) is 4.79 Å². The Hall–Kier alpha value is -1.31. The lowest BCUT2D eigenvalue weighted by Crippen LogP contribution is -2.50. The molecular formula is C21H31NO. The van der Waals surface area contributed by atoms with Crippen molar-refractivity contribution in [3.05, 3.63) is 35.9 Å². The molecule has 1 fully saturated rings. The highest BCUT2D eigenvalue weighted by atomic mass is 16.2. The van der Waals surface area contributed by atoms with Crippen LogP contribution < -0.4 is 4.90 Å². The summed E-state index contributed by atoms with van der Waals surface area (Å²) in [5, 5.41) is 0. The molecule has 0 unspecified atom stereocenters. The second-order valence-corrected chi connectivity index (χ2v) is 8.79. The highest BCUT2D eigenvalue weighted by Gasteiger charge is 2.46. The molecule has 1 heterocycles. The fourth-order valence-electron chi connectivity index (χ4n) is 3.80. The molecule has 1 aromatic carbocycles. The summed E-state index contributed by atoms with van der Waals surface area (Å²) in [5.41, 5.74) is 3.03. The van der Waals surface area contributed by atoms with Crippen molar-refractivity contribution in [3.8, 4) is 0 Å². The van der Waals surface area contributed by atoms with Crippen molar-refractivity contribution in [2.45, 2.75) is 73.6 Å². The van der Waals surface area contributed by atoms with Crippen LogP contribution in [0.1, 0.15) is 84.8 Å². The van der Waals surface area contributed by atoms with Gasteiger partial charge < -0.3 is 0 Å². The zero-order valence-electron chi connectivity index (χ0n) is 15.9. The monoisotopic (exact) mass is 313 g/mol. The Kier molecular flexibility index (Phi) is 4.67. The molecule has 2 heteroatoms. The van der Waals surface area contributed by atoms with E-state index < -0.39 is 0 Å². The number of amides is 1. The van der Waals surface area contributed by atoms with Crippen LogP contribution in [0.25, 0.3) is 0 Å². The lowest BCUT2D eigenvalue weighted by molar-refractivity contribution is -0.129. The molecule has 2 nitrogen and oxygen atoms in total. The van der Waals surface area contributed by atoms with Gasteiger partial charge in [0, 0.05) is 5.41 Å². The second kappa shape index (κ2) is 5.96. The molecule has 0 saturated carbocycles. The topological polar surface area (TPSA) is 20.3 Å². The third-order valence-electron chi connectivity index (χ3n) is 4.65. The van der Waals surface area contributed by atoms with Crippen LogP contribution in [0.15, 0.2) is 18.2 Å². The smallest absolute Gasteiger partial charge is 0.233 e. The number of hydrogen-bond acceptors (Lipinski definition) is 1. The zero-order chi connectivity index (χ0) is 17.6. The van der Waals surface area contributed by atoms with Crippen molar-refractivity contribution in [1.82, 2.24) is 0 Å². The first kappa shape index (κ1) is 18.0. The minimum atomic E-state index is -0.368. The second-order valence-electron chi connectivity index (χ2n) is 8.79. The molecule has 0 spiro atoms. The van der Waals surface area contributed by atoms with Crippen molar-refractivity contribution < 1.29 is 4.79 Å². The quantitative estimate of drug-likeness (QED) is 0.694. The molecule has 2 radical (unpaired) electrons. The van der Waals surface area contributed by atoms with E-state index in [0.29, 0.717) is 11.8 Å². The lowest BCUT2D eigenvalue weighted by atomic mass is 9.70. The summed E-state index contributed by atoms with van der Waals surface area (Å²) in [7, 11) is 0. The molecule has 2 rings (SSSR count). The summed E-state index contributed by atoms with van der Waals surface area (Å²) in [6.45, 7) is 20.7. The van der Waals surface area contributed by atoms with Gasteiger partial charge in [0.2, 0.25) is 5.91 Å². The molecule has 1 aliphatic rings. The fraction of sp³-hybridized carbons (Fsp3) is 0.619. The van der Waals surface area contributed by atoms with Crippen LogP contribution in [0, 0.1) is 17.4 Å². The first-order valence-corrected chi connectivity index (χ1v) is 8.71. The summed E-state index contributed by atoms with van der Waals surface area (Å²) < 4.78 is 0. The van der Waals surface area contributed by atoms with Crippen LogP contribution in [0.4, 0.5) is 5.69 Å². The molecule has 0 N–H and O–H groups in total. The molecular weight excluding hydrogens is 282 g/mol. The van der Waals surface area contributed by atoms with E-state index >= 15 is 0 Å². The molecule has 1 aromatic rings. The summed E-state index contributed by atoms with van der Waals surface area (Å²) in [5.74, 6) is 0.893. The summed E-state index contributed by atoms with van der Waals surface area (Å²) in [6, 6.07) is 6.41. The van der Waals surface area contributed by atoms with Gasteiger partial charge in [-0.15, -0.1) is 0 Å². The van der Waals surface area contributed by atoms with Gasteiger partial charge >= 0.3 is 0 Å². The minimum Gasteiger partial charge on any atom is -0.300 e. The maximum Gasteiger partial charge on any atom is 0.233 e. The molecule has 1 saturated heterocycles. The number of carbonyl (C=O) groups is 1. The van der Waals surface area contributed by atoms with Crippen molar-refractivity contribution >= 4 is 11.6 Å². The van der Waals surface area contributed by atoms with Crippen LogP contribution in [-0.4, -0.2) is 5.91 Å². The maximum atomic E-state index is 13.1. The van der Waals surface area contributed by atoms with Gasteiger partial charge in [0.1, 0.15) is 6.54 Å². The number of rotatable bonds is 3. The van der Waals surface area contributed by atoms with Gasteiger partial charge in [0.25, 0.3) is 0 Å². The summed E-state index contributed by atoms with van der Waals surface area (Å²) >= 11 is 0. The Morgan fingerprint density at radius 2 is 1.48 bits per heavy atom. The van der Waals surface area contributed by atoms with E-state index in [9.17, 15) is 4.79 Å². The predicted octanol–water partition coefficient (Wildman–Crippen LogP) is 5.76. The Balaban J connectivity index is 2.66. The number of hydrogen-bond donors (Lipinski definition) is 0. The summed E-state index contributed by atoms with van der Waals surface area (Å²) in [4.78, 5) is 15.0. The van der Waals surface area contributed by atoms with Crippen LogP contribution in [0.2, 0.25) is 0 Å². The third kappa shape index (κ3) is 3.46. The molecule has 1 amide bonds. The number of benzene rings is 1. The minimum absolute atomic E-state index is 0.115. The van der Waals surface area contributed by atoms with Gasteiger partial charge in [-0.3, -0.25) is 9.69 Å². The average molecular weight is 313 g/mol. The van der Waals surface area contributed by atoms with Crippen molar-refractivity contribution in [1.29, 1.82) is 0 Å². The number of nitrogens with zero attached hydrogens (tertiary/aromatic N) is 1. The van der Waals surface area contributed by atoms with Crippen LogP contribution in [0.5, 0.6) is 0 Å². The summed E-state index contributed by atoms with van der Waals surface area (Å²) in [6.07, 6.45) is 0.830. The van der Waals surface area contributed by atoms with E-state index in [1.54, 1.807) is 0 Å². The first-order chi connectivity index (χ1) is 10.5. The molecule has 0 aromatic heterocycles. The zero-order valence-corrected chi connectivity index (χ0v) is 15.9. The maximum absolute atomic E-state index is 13.1. The van der Waals surface area contributed by atoms with E-state index in [1.807, 2.05) is 4.90 Å². The van der Waals surface area contributed by atoms with Gasteiger partial charge in [-0.1, -0.05) is 73.6 Å². The highest BCUT2D eigenvalue weighted by Crippen LogP contribution is 2.47. The highest BCUT2D eigenvalue weighted by molar-refractivity contribution is 6.01. The molecule has 126 valence electrons. The van der Waals surface area contributed by atoms with E-state index in [0.717, 1.165) is 12.1 Å². The normalized spacial score (nSPS) is 20.4. The van der Waals surface area contributed by atoms with E-state index in [-0.39, 0.29) is 16.7 Å². The van der Waals surface area contributed by atoms with Gasteiger partial charge in [-0.25, -0.2) is 0 Å². The van der Waals surface area contributed by atoms with Gasteiger partial charge in [-0.05, 0) is 34.8 Å². The molecule has 0 atom stereocenters. The fourth-order valence-corrected chi connectivity index (χ4v) is 3.80. The Bertz CT molecular complexity index is 570. The van der Waals surface area contributed by atoms with Crippen molar-refractivity contribution in [3.63, 3.8) is 0 Å². The Morgan fingerprint density at radius 3 is 1.91 bits per heavy atom. The molecule has 0 bridgehead atoms. The van der Waals surface area contributed by atoms with E-state index in [4.69, 9.17) is 0 Å². The third-order valence-corrected chi connectivity index (χ3v) is 4.65. The number of piperidine rings is 1. The van der Waals surface area contributed by atoms with E-state index in [2.05, 4.69) is 80.1 Å². The molecule has 0 aliphatic carbocycles. The SMILES string of the molecule is CC(C)c1cccc(C(C)C)c1N1[C]C(C)(C)CC(C)(C)C1=O. The number of anilines is 1. The average Bonchev–Trinajstić information content (AvgIpc) is 2.40. The first-order valence-electron chi connectivity index (χ1n) is 8.71.